The zero-order valence-electron chi connectivity index (χ0n) is 36.4. The number of unbranched alkanes of at least 4 members (excludes halogenated alkanes) is 1. The van der Waals surface area contributed by atoms with Crippen LogP contribution in [0.4, 0.5) is 0 Å². The summed E-state index contributed by atoms with van der Waals surface area (Å²) in [5.74, 6) is -6.30. The van der Waals surface area contributed by atoms with Gasteiger partial charge in [0, 0.05) is 13.0 Å². The number of likely N-dealkylation sites (tertiary alicyclic amines) is 1. The van der Waals surface area contributed by atoms with Crippen LogP contribution in [0.5, 0.6) is 0 Å². The average Bonchev–Trinajstić information content (AvgIpc) is 3.79. The van der Waals surface area contributed by atoms with E-state index in [1.807, 2.05) is 0 Å². The SMILES string of the molecule is CCCCC(C)[C@H](NC(=O)[C@@H]1CCCN1C(=O)[C@@H](NC(=O)[C@@H](NC(=O)[C@H](CCC(=O)O)NC(=O)[C@@H](N)CC(=O)O)C(C)C)C(C)C)B1O[C@H]2C[C@@H]3C[C@@H](C3(C)C)[C@@]2(C)O1. The minimum atomic E-state index is -1.50. The van der Waals surface area contributed by atoms with Crippen molar-refractivity contribution in [2.24, 2.45) is 40.7 Å². The summed E-state index contributed by atoms with van der Waals surface area (Å²) in [5, 5.41) is 29.2. The largest absolute Gasteiger partial charge is 0.481 e. The Morgan fingerprint density at radius 1 is 0.847 bits per heavy atom. The molecule has 17 nitrogen and oxygen atoms in total. The lowest BCUT2D eigenvalue weighted by Gasteiger charge is -2.64. The van der Waals surface area contributed by atoms with E-state index in [1.54, 1.807) is 27.7 Å². The first-order valence-electron chi connectivity index (χ1n) is 21.6. The van der Waals surface area contributed by atoms with Gasteiger partial charge in [-0.3, -0.25) is 33.6 Å². The van der Waals surface area contributed by atoms with Gasteiger partial charge in [-0.1, -0.05) is 68.2 Å². The fourth-order valence-electron chi connectivity index (χ4n) is 9.62. The fourth-order valence-corrected chi connectivity index (χ4v) is 9.62. The van der Waals surface area contributed by atoms with Crippen molar-refractivity contribution in [3.63, 3.8) is 0 Å². The third-order valence-electron chi connectivity index (χ3n) is 13.5. The fraction of sp³-hybridized carbons (Fsp3) is 0.829. The van der Waals surface area contributed by atoms with Crippen molar-refractivity contribution in [3.05, 3.63) is 0 Å². The highest BCUT2D eigenvalue weighted by atomic mass is 16.7. The van der Waals surface area contributed by atoms with Gasteiger partial charge in [0.25, 0.3) is 0 Å². The van der Waals surface area contributed by atoms with E-state index in [-0.39, 0.29) is 29.8 Å². The highest BCUT2D eigenvalue weighted by molar-refractivity contribution is 6.48. The van der Waals surface area contributed by atoms with E-state index in [2.05, 4.69) is 55.9 Å². The van der Waals surface area contributed by atoms with Gasteiger partial charge >= 0.3 is 19.1 Å². The van der Waals surface area contributed by atoms with Gasteiger partial charge in [-0.15, -0.1) is 0 Å². The van der Waals surface area contributed by atoms with E-state index < -0.39 is 109 Å². The molecule has 0 radical (unpaired) electrons. The number of carboxylic acid groups (broad SMARTS) is 2. The van der Waals surface area contributed by atoms with Crippen LogP contribution >= 0.6 is 0 Å². The molecular weight excluding hydrogens is 763 g/mol. The monoisotopic (exact) mass is 833 g/mol. The van der Waals surface area contributed by atoms with Crippen LogP contribution in [0.1, 0.15) is 127 Å². The molecule has 18 heteroatoms. The van der Waals surface area contributed by atoms with Gasteiger partial charge in [0.15, 0.2) is 0 Å². The van der Waals surface area contributed by atoms with Crippen LogP contribution in [0.15, 0.2) is 0 Å². The smallest absolute Gasteiger partial charge is 0.481 e. The Kier molecular flexibility index (Phi) is 16.0. The van der Waals surface area contributed by atoms with Crippen molar-refractivity contribution in [1.29, 1.82) is 0 Å². The molecule has 5 rings (SSSR count). The molecule has 1 unspecified atom stereocenters. The van der Waals surface area contributed by atoms with Gasteiger partial charge in [-0.05, 0) is 80.5 Å². The molecule has 3 saturated carbocycles. The number of hydrogen-bond acceptors (Lipinski definition) is 10. The molecule has 2 saturated heterocycles. The summed E-state index contributed by atoms with van der Waals surface area (Å²) in [7, 11) is -0.633. The second-order valence-corrected chi connectivity index (χ2v) is 18.8. The first-order valence-corrected chi connectivity index (χ1v) is 21.6. The number of nitrogens with one attached hydrogen (secondary N) is 4. The van der Waals surface area contributed by atoms with Crippen LogP contribution in [-0.2, 0) is 42.9 Å². The third-order valence-corrected chi connectivity index (χ3v) is 13.5. The number of carboxylic acids is 2. The minimum Gasteiger partial charge on any atom is -0.481 e. The normalized spacial score (nSPS) is 27.4. The molecule has 332 valence electrons. The van der Waals surface area contributed by atoms with E-state index in [1.165, 1.54) is 4.90 Å². The lowest BCUT2D eigenvalue weighted by atomic mass is 9.43. The van der Waals surface area contributed by atoms with Gasteiger partial charge < -0.3 is 51.4 Å². The van der Waals surface area contributed by atoms with Crippen molar-refractivity contribution in [1.82, 2.24) is 26.2 Å². The number of nitrogens with two attached hydrogens (primary N) is 1. The highest BCUT2D eigenvalue weighted by Crippen LogP contribution is 2.65. The minimum absolute atomic E-state index is 0.0330. The van der Waals surface area contributed by atoms with Gasteiger partial charge in [0.1, 0.15) is 24.2 Å². The molecule has 2 heterocycles. The maximum atomic E-state index is 14.3. The third kappa shape index (κ3) is 11.0. The molecule has 8 N–H and O–H groups in total. The van der Waals surface area contributed by atoms with Crippen LogP contribution in [-0.4, -0.2) is 118 Å². The molecule has 5 aliphatic rings. The Labute approximate surface area is 348 Å². The molecule has 5 fully saturated rings. The summed E-state index contributed by atoms with van der Waals surface area (Å²) in [6, 6.07) is -6.03. The predicted octanol–water partition coefficient (Wildman–Crippen LogP) is 1.99. The molecule has 2 bridgehead atoms. The Bertz CT molecular complexity index is 1580. The topological polar surface area (TPSA) is 256 Å². The number of nitrogens with zero attached hydrogens (tertiary/aromatic N) is 1. The Balaban J connectivity index is 1.47. The number of hydrogen-bond donors (Lipinski definition) is 7. The maximum Gasteiger partial charge on any atom is 0.481 e. The highest BCUT2D eigenvalue weighted by Gasteiger charge is 2.68. The molecule has 0 spiro atoms. The number of carbonyl (C=O) groups excluding carboxylic acids is 5. The average molecular weight is 833 g/mol. The lowest BCUT2D eigenvalue weighted by molar-refractivity contribution is -0.199. The predicted molar refractivity (Wildman–Crippen MR) is 218 cm³/mol. The van der Waals surface area contributed by atoms with Crippen LogP contribution in [0.3, 0.4) is 0 Å². The van der Waals surface area contributed by atoms with Crippen molar-refractivity contribution in [2.45, 2.75) is 174 Å². The quantitative estimate of drug-likeness (QED) is 0.0821. The molecule has 3 aliphatic carbocycles. The second-order valence-electron chi connectivity index (χ2n) is 18.8. The zero-order valence-corrected chi connectivity index (χ0v) is 36.4. The summed E-state index contributed by atoms with van der Waals surface area (Å²) in [6.45, 7) is 18.2. The van der Waals surface area contributed by atoms with Crippen LogP contribution in [0.2, 0.25) is 0 Å². The molecule has 0 aromatic rings. The van der Waals surface area contributed by atoms with E-state index in [9.17, 15) is 38.7 Å². The molecule has 2 aliphatic heterocycles. The van der Waals surface area contributed by atoms with Gasteiger partial charge in [-0.2, -0.15) is 0 Å². The first kappa shape index (κ1) is 47.9. The van der Waals surface area contributed by atoms with E-state index in [0.717, 1.165) is 32.1 Å². The van der Waals surface area contributed by atoms with Gasteiger partial charge in [0.2, 0.25) is 29.5 Å². The maximum absolute atomic E-state index is 14.3. The Morgan fingerprint density at radius 3 is 2.07 bits per heavy atom. The number of amides is 5. The van der Waals surface area contributed by atoms with E-state index in [4.69, 9.17) is 20.1 Å². The zero-order chi connectivity index (χ0) is 44.1. The summed E-state index contributed by atoms with van der Waals surface area (Å²) in [5.41, 5.74) is 5.36. The van der Waals surface area contributed by atoms with Gasteiger partial charge in [-0.25, -0.2) is 0 Å². The molecule has 0 aromatic heterocycles. The second kappa shape index (κ2) is 19.7. The van der Waals surface area contributed by atoms with Crippen molar-refractivity contribution in [2.75, 3.05) is 6.54 Å². The van der Waals surface area contributed by atoms with Crippen LogP contribution in [0, 0.1) is 35.0 Å². The van der Waals surface area contributed by atoms with E-state index >= 15 is 0 Å². The Morgan fingerprint density at radius 2 is 1.49 bits per heavy atom. The van der Waals surface area contributed by atoms with Crippen molar-refractivity contribution >= 4 is 48.6 Å². The lowest BCUT2D eigenvalue weighted by Crippen LogP contribution is -2.65. The Hall–Kier alpha value is -3.77. The number of aliphatic carboxylic acids is 2. The van der Waals surface area contributed by atoms with Crippen molar-refractivity contribution in [3.8, 4) is 0 Å². The van der Waals surface area contributed by atoms with Crippen LogP contribution < -0.4 is 27.0 Å². The summed E-state index contributed by atoms with van der Waals surface area (Å²) in [6.07, 6.45) is 4.20. The standard InChI is InChI=1S/C41H69BN6O11/c1-10-11-13-23(6)34(42-58-29-19-24-18-28(40(24,7)8)41(29,9)59-42)47-37(55)27-14-12-17-48(27)39(57)33(22(4)5)46-38(56)32(21(2)3)45-36(54)26(15-16-30(49)50)44-35(53)25(43)20-31(51)52/h21-29,32-34H,10-20,43H2,1-9H3,(H,44,53)(H,45,54)(H,46,56)(H,47,55)(H,49,50)(H,51,52)/t23?,24-,25-,26-,27-,28-,29-,32-,33-,34-,41+/m0/s1. The van der Waals surface area contributed by atoms with Gasteiger partial charge in [0.05, 0.1) is 30.1 Å². The van der Waals surface area contributed by atoms with E-state index in [0.29, 0.717) is 31.2 Å². The summed E-state index contributed by atoms with van der Waals surface area (Å²) < 4.78 is 13.5. The van der Waals surface area contributed by atoms with Crippen molar-refractivity contribution < 1.29 is 53.1 Å². The first-order chi connectivity index (χ1) is 27.5. The molecule has 0 aromatic carbocycles. The summed E-state index contributed by atoms with van der Waals surface area (Å²) in [4.78, 5) is 92.5. The number of carbonyl (C=O) groups is 7. The molecule has 11 atom stereocenters. The molecule has 59 heavy (non-hydrogen) atoms. The van der Waals surface area contributed by atoms with Crippen LogP contribution in [0.25, 0.3) is 0 Å². The molecular formula is C41H69BN6O11. The summed E-state index contributed by atoms with van der Waals surface area (Å²) >= 11 is 0. The molecule has 5 amide bonds. The number of rotatable bonds is 21.